The van der Waals surface area contributed by atoms with Crippen molar-refractivity contribution < 1.29 is 39.1 Å². The zero-order valence-corrected chi connectivity index (χ0v) is 45.0. The van der Waals surface area contributed by atoms with Crippen molar-refractivity contribution in [2.75, 3.05) is 91.8 Å². The number of halogens is 4. The Balaban J connectivity index is 1.01. The summed E-state index contributed by atoms with van der Waals surface area (Å²) in [6.45, 7) is 9.31. The molecule has 0 saturated carbocycles. The lowest BCUT2D eigenvalue weighted by molar-refractivity contribution is -0.0435. The van der Waals surface area contributed by atoms with Crippen LogP contribution >= 0.6 is 30.9 Å². The molecule has 0 amide bonds. The molecule has 0 bridgehead atoms. The van der Waals surface area contributed by atoms with Gasteiger partial charge >= 0.3 is 13.0 Å². The van der Waals surface area contributed by atoms with E-state index in [9.17, 15) is 34.6 Å². The summed E-state index contributed by atoms with van der Waals surface area (Å²) in [7, 11) is -9.89. The van der Waals surface area contributed by atoms with Gasteiger partial charge < -0.3 is 29.1 Å². The molecule has 8 rings (SSSR count). The van der Waals surface area contributed by atoms with Crippen LogP contribution in [0.4, 0.5) is 35.9 Å². The summed E-state index contributed by atoms with van der Waals surface area (Å²) in [4.78, 5) is 6.67. The largest absolute Gasteiger partial charge is 0.501 e. The molecule has 2 saturated heterocycles. The Morgan fingerprint density at radius 2 is 1.43 bits per heavy atom. The SMILES string of the molecule is Cc1c(S(C)(=O)=O)c(-c2cccc(N3CCN(c4ccc(N5CCO[P@]5(=O)c5ccc(N[C@H](CCN(C)C)CSc6ccccc6)c(S(=O)(=O)C(F)(F)F)c5)cc4)CC3)c2)c(-c2ccc(Cl)cc2)n1C(C)C. The Morgan fingerprint density at radius 3 is 2.04 bits per heavy atom. The van der Waals surface area contributed by atoms with Gasteiger partial charge in [0.25, 0.3) is 9.84 Å². The average Bonchev–Trinajstić information content (AvgIpc) is 3.90. The van der Waals surface area contributed by atoms with Crippen LogP contribution in [-0.2, 0) is 28.8 Å². The number of thioether (sulfide) groups is 1. The van der Waals surface area contributed by atoms with E-state index < -0.39 is 43.6 Å². The fourth-order valence-electron chi connectivity index (χ4n) is 9.51. The fourth-order valence-corrected chi connectivity index (χ4v) is 15.1. The third kappa shape index (κ3) is 11.2. The summed E-state index contributed by atoms with van der Waals surface area (Å²) in [5, 5.41) is 3.52. The van der Waals surface area contributed by atoms with Crippen LogP contribution in [0.15, 0.2) is 136 Å². The standard InChI is InChI=1S/C52H59ClF3N6O6PS3/c1-36(2)62-37(3)51(71(6,64)65)49(50(62)38-15-17-40(53)18-16-38)39-11-10-12-44(33-39)60-29-27-59(28-30-60)42-19-21-43(22-20-42)61-31-32-68-69(61,63)45-23-24-47(48(34-45)72(66,67)52(54,55)56)57-41(25-26-58(4)5)35-70-46-13-8-7-9-14-46/h7-24,33-34,36,41,57H,25-32,35H2,1-6H3/t41-,69-/m1/s1. The molecular formula is C52H59ClF3N6O6PS3. The van der Waals surface area contributed by atoms with Crippen LogP contribution in [0.1, 0.15) is 32.0 Å². The van der Waals surface area contributed by atoms with Crippen LogP contribution < -0.4 is 25.1 Å². The van der Waals surface area contributed by atoms with E-state index in [1.165, 1.54) is 34.8 Å². The van der Waals surface area contributed by atoms with Gasteiger partial charge in [0.1, 0.15) is 4.90 Å². The number of sulfone groups is 2. The second-order valence-electron chi connectivity index (χ2n) is 18.6. The third-order valence-corrected chi connectivity index (χ3v) is 19.7. The molecule has 5 aromatic carbocycles. The van der Waals surface area contributed by atoms with E-state index in [2.05, 4.69) is 25.8 Å². The van der Waals surface area contributed by atoms with Gasteiger partial charge in [0.15, 0.2) is 9.84 Å². The van der Waals surface area contributed by atoms with E-state index in [1.54, 1.807) is 24.3 Å². The molecule has 0 spiro atoms. The van der Waals surface area contributed by atoms with Gasteiger partial charge in [-0.2, -0.15) is 13.2 Å². The molecule has 2 atom stereocenters. The Labute approximate surface area is 430 Å². The van der Waals surface area contributed by atoms with Gasteiger partial charge in [0, 0.05) is 88.5 Å². The van der Waals surface area contributed by atoms with Crippen LogP contribution in [0, 0.1) is 6.92 Å². The van der Waals surface area contributed by atoms with E-state index in [1.807, 2.05) is 113 Å². The van der Waals surface area contributed by atoms with Gasteiger partial charge in [-0.25, -0.2) is 16.8 Å². The Hall–Kier alpha value is -4.94. The topological polar surface area (TPSA) is 124 Å². The second kappa shape index (κ2) is 21.5. The molecular weight excluding hydrogens is 1020 g/mol. The minimum absolute atomic E-state index is 0.00797. The Kier molecular flexibility index (Phi) is 15.9. The minimum atomic E-state index is -5.90. The molecule has 2 aliphatic rings. The molecule has 2 fully saturated rings. The minimum Gasteiger partial charge on any atom is -0.380 e. The van der Waals surface area contributed by atoms with Crippen molar-refractivity contribution in [2.45, 2.75) is 59.5 Å². The lowest BCUT2D eigenvalue weighted by atomic mass is 10.00. The number of rotatable bonds is 17. The van der Waals surface area contributed by atoms with Crippen LogP contribution in [0.5, 0.6) is 0 Å². The number of anilines is 4. The first-order valence-corrected chi connectivity index (χ1v) is 29.9. The molecule has 12 nitrogen and oxygen atoms in total. The van der Waals surface area contributed by atoms with Crippen molar-refractivity contribution in [1.29, 1.82) is 0 Å². The Bertz CT molecular complexity index is 3170. The van der Waals surface area contributed by atoms with Crippen LogP contribution in [0.3, 0.4) is 0 Å². The summed E-state index contributed by atoms with van der Waals surface area (Å²) in [6.07, 6.45) is 1.76. The molecule has 3 heterocycles. The summed E-state index contributed by atoms with van der Waals surface area (Å²) in [5.41, 5.74) is 0.261. The maximum Gasteiger partial charge on any atom is 0.501 e. The molecule has 384 valence electrons. The number of benzene rings is 5. The van der Waals surface area contributed by atoms with Gasteiger partial charge in [-0.05, 0) is 138 Å². The van der Waals surface area contributed by atoms with Crippen molar-refractivity contribution in [3.8, 4) is 22.4 Å². The predicted molar refractivity (Wildman–Crippen MR) is 287 cm³/mol. The molecule has 1 aromatic heterocycles. The van der Waals surface area contributed by atoms with Crippen LogP contribution in [-0.4, -0.2) is 110 Å². The van der Waals surface area contributed by atoms with Crippen LogP contribution in [0.2, 0.25) is 5.02 Å². The molecule has 0 aliphatic carbocycles. The maximum absolute atomic E-state index is 14.9. The van der Waals surface area contributed by atoms with Gasteiger partial charge in [-0.3, -0.25) is 9.24 Å². The lowest BCUT2D eigenvalue weighted by Gasteiger charge is -2.37. The highest BCUT2D eigenvalue weighted by Gasteiger charge is 2.49. The summed E-state index contributed by atoms with van der Waals surface area (Å²) >= 11 is 7.79. The first-order valence-electron chi connectivity index (χ1n) is 23.6. The van der Waals surface area contributed by atoms with Crippen LogP contribution in [0.25, 0.3) is 22.4 Å². The highest BCUT2D eigenvalue weighted by Crippen LogP contribution is 2.56. The molecule has 2 aliphatic heterocycles. The third-order valence-electron chi connectivity index (χ3n) is 12.9. The maximum atomic E-state index is 14.9. The number of alkyl halides is 3. The number of hydrogen-bond acceptors (Lipinski definition) is 11. The van der Waals surface area contributed by atoms with E-state index in [0.29, 0.717) is 71.8 Å². The fraction of sp³-hybridized carbons (Fsp3) is 0.346. The van der Waals surface area contributed by atoms with Gasteiger partial charge in [0.05, 0.1) is 34.7 Å². The molecule has 6 aromatic rings. The first kappa shape index (κ1) is 53.4. The number of hydrogen-bond donors (Lipinski definition) is 1. The van der Waals surface area contributed by atoms with E-state index >= 15 is 0 Å². The van der Waals surface area contributed by atoms with E-state index in [4.69, 9.17) is 16.1 Å². The van der Waals surface area contributed by atoms with Gasteiger partial charge in [-0.15, -0.1) is 11.8 Å². The highest BCUT2D eigenvalue weighted by molar-refractivity contribution is 7.99. The van der Waals surface area contributed by atoms with Crippen molar-refractivity contribution in [3.63, 3.8) is 0 Å². The van der Waals surface area contributed by atoms with E-state index in [0.717, 1.165) is 39.2 Å². The first-order chi connectivity index (χ1) is 34.1. The number of piperazine rings is 1. The van der Waals surface area contributed by atoms with Gasteiger partial charge in [-0.1, -0.05) is 54.1 Å². The predicted octanol–water partition coefficient (Wildman–Crippen LogP) is 11.3. The summed E-state index contributed by atoms with van der Waals surface area (Å²) in [5.74, 6) is 0.441. The second-order valence-corrected chi connectivity index (χ2v) is 26.3. The molecule has 72 heavy (non-hydrogen) atoms. The summed E-state index contributed by atoms with van der Waals surface area (Å²) < 4.78 is 121. The monoisotopic (exact) mass is 1080 g/mol. The molecule has 1 N–H and O–H groups in total. The van der Waals surface area contributed by atoms with Crippen molar-refractivity contribution in [2.24, 2.45) is 0 Å². The van der Waals surface area contributed by atoms with E-state index in [-0.39, 0.29) is 30.2 Å². The Morgan fingerprint density at radius 1 is 0.792 bits per heavy atom. The highest BCUT2D eigenvalue weighted by atomic mass is 35.5. The lowest BCUT2D eigenvalue weighted by Crippen LogP contribution is -2.46. The number of nitrogens with one attached hydrogen (secondary N) is 1. The molecule has 0 radical (unpaired) electrons. The van der Waals surface area contributed by atoms with Gasteiger partial charge in [0.2, 0.25) is 0 Å². The molecule has 0 unspecified atom stereocenters. The van der Waals surface area contributed by atoms with Crippen molar-refractivity contribution in [1.82, 2.24) is 9.47 Å². The smallest absolute Gasteiger partial charge is 0.380 e. The molecule has 20 heteroatoms. The number of aromatic nitrogens is 1. The quantitative estimate of drug-likeness (QED) is 0.0691. The zero-order valence-electron chi connectivity index (χ0n) is 40.9. The summed E-state index contributed by atoms with van der Waals surface area (Å²) in [6, 6.07) is 35.4. The number of nitrogens with zero attached hydrogens (tertiary/aromatic N) is 5. The van der Waals surface area contributed by atoms with Crippen molar-refractivity contribution in [3.05, 3.63) is 132 Å². The zero-order chi connectivity index (χ0) is 51.8. The average molecular weight is 1080 g/mol. The normalized spacial score (nSPS) is 17.3. The van der Waals surface area contributed by atoms with Crippen molar-refractivity contribution >= 4 is 78.6 Å².